The summed E-state index contributed by atoms with van der Waals surface area (Å²) >= 11 is 6.08. The van der Waals surface area contributed by atoms with Gasteiger partial charge in [-0.3, -0.25) is 4.79 Å². The van der Waals surface area contributed by atoms with Crippen molar-refractivity contribution in [1.82, 2.24) is 4.98 Å². The first-order chi connectivity index (χ1) is 16.3. The van der Waals surface area contributed by atoms with Crippen LogP contribution < -0.4 is 5.32 Å². The highest BCUT2D eigenvalue weighted by atomic mass is 35.5. The quantitative estimate of drug-likeness (QED) is 0.320. The maximum atomic E-state index is 13.6. The Morgan fingerprint density at radius 3 is 2.29 bits per heavy atom. The molecule has 0 spiro atoms. The summed E-state index contributed by atoms with van der Waals surface area (Å²) < 4.78 is 5.03. The summed E-state index contributed by atoms with van der Waals surface area (Å²) in [6.07, 6.45) is 0. The number of carbonyl (C=O) groups excluding carboxylic acids is 2. The molecule has 0 unspecified atom stereocenters. The van der Waals surface area contributed by atoms with E-state index < -0.39 is 5.97 Å². The van der Waals surface area contributed by atoms with Gasteiger partial charge in [-0.2, -0.15) is 0 Å². The zero-order chi connectivity index (χ0) is 24.4. The Morgan fingerprint density at radius 1 is 0.971 bits per heavy atom. The van der Waals surface area contributed by atoms with Crippen LogP contribution in [0, 0.1) is 20.8 Å². The normalized spacial score (nSPS) is 10.9. The number of hydrogen-bond donors (Lipinski definition) is 1. The van der Waals surface area contributed by atoms with Gasteiger partial charge in [0.15, 0.2) is 0 Å². The zero-order valence-corrected chi connectivity index (χ0v) is 20.3. The first-order valence-corrected chi connectivity index (χ1v) is 11.4. The van der Waals surface area contributed by atoms with E-state index in [1.807, 2.05) is 51.1 Å². The molecule has 0 aliphatic rings. The fourth-order valence-corrected chi connectivity index (χ4v) is 4.22. The molecule has 0 fully saturated rings. The number of amides is 1. The van der Waals surface area contributed by atoms with Gasteiger partial charge in [-0.1, -0.05) is 35.4 Å². The largest absolute Gasteiger partial charge is 0.462 e. The van der Waals surface area contributed by atoms with Crippen molar-refractivity contribution in [2.75, 3.05) is 11.9 Å². The average Bonchev–Trinajstić information content (AvgIpc) is 2.80. The number of aryl methyl sites for hydroxylation is 2. The van der Waals surface area contributed by atoms with E-state index in [2.05, 4.69) is 11.4 Å². The van der Waals surface area contributed by atoms with E-state index >= 15 is 0 Å². The second-order valence-electron chi connectivity index (χ2n) is 8.20. The van der Waals surface area contributed by atoms with E-state index in [-0.39, 0.29) is 5.91 Å². The lowest BCUT2D eigenvalue weighted by molar-refractivity contribution is 0.0526. The maximum absolute atomic E-state index is 13.6. The van der Waals surface area contributed by atoms with Crippen molar-refractivity contribution in [3.63, 3.8) is 0 Å². The van der Waals surface area contributed by atoms with E-state index in [1.54, 1.807) is 31.2 Å². The third kappa shape index (κ3) is 4.66. The van der Waals surface area contributed by atoms with Crippen molar-refractivity contribution >= 4 is 40.1 Å². The third-order valence-corrected chi connectivity index (χ3v) is 5.92. The lowest BCUT2D eigenvalue weighted by atomic mass is 9.94. The molecule has 5 nitrogen and oxygen atoms in total. The second kappa shape index (κ2) is 9.65. The summed E-state index contributed by atoms with van der Waals surface area (Å²) in [5, 5.41) is 4.41. The van der Waals surface area contributed by atoms with Crippen molar-refractivity contribution in [2.45, 2.75) is 27.7 Å². The number of hydrogen-bond acceptors (Lipinski definition) is 4. The first-order valence-electron chi connectivity index (χ1n) is 11.0. The van der Waals surface area contributed by atoms with Crippen molar-refractivity contribution in [1.29, 1.82) is 0 Å². The molecule has 1 amide bonds. The molecule has 0 saturated carbocycles. The Labute approximate surface area is 203 Å². The Bertz CT molecular complexity index is 1390. The van der Waals surface area contributed by atoms with Gasteiger partial charge in [0.25, 0.3) is 5.91 Å². The fraction of sp³-hybridized carbons (Fsp3) is 0.179. The van der Waals surface area contributed by atoms with E-state index in [0.717, 1.165) is 38.9 Å². The highest BCUT2D eigenvalue weighted by Crippen LogP contribution is 2.33. The van der Waals surface area contributed by atoms with Gasteiger partial charge in [0.2, 0.25) is 0 Å². The van der Waals surface area contributed by atoms with Crippen LogP contribution in [0.4, 0.5) is 5.69 Å². The van der Waals surface area contributed by atoms with Crippen LogP contribution in [0.1, 0.15) is 44.3 Å². The Balaban J connectivity index is 1.80. The summed E-state index contributed by atoms with van der Waals surface area (Å²) in [6, 6.07) is 18.2. The summed E-state index contributed by atoms with van der Waals surface area (Å²) in [4.78, 5) is 30.4. The minimum Gasteiger partial charge on any atom is -0.462 e. The molecule has 4 rings (SSSR count). The number of anilines is 1. The first kappa shape index (κ1) is 23.5. The van der Waals surface area contributed by atoms with E-state index in [9.17, 15) is 9.59 Å². The van der Waals surface area contributed by atoms with Crippen LogP contribution in [-0.2, 0) is 4.74 Å². The molecule has 0 aliphatic carbocycles. The number of nitrogens with zero attached hydrogens (tertiary/aromatic N) is 1. The van der Waals surface area contributed by atoms with Gasteiger partial charge in [0.1, 0.15) is 0 Å². The van der Waals surface area contributed by atoms with Gasteiger partial charge in [-0.15, -0.1) is 0 Å². The van der Waals surface area contributed by atoms with Crippen LogP contribution in [0.2, 0.25) is 5.02 Å². The molecular weight excluding hydrogens is 448 g/mol. The second-order valence-corrected chi connectivity index (χ2v) is 8.63. The number of carbonyl (C=O) groups is 2. The molecule has 4 aromatic rings. The molecule has 1 N–H and O–H groups in total. The average molecular weight is 473 g/mol. The molecule has 3 aromatic carbocycles. The van der Waals surface area contributed by atoms with Gasteiger partial charge in [-0.05, 0) is 81.3 Å². The van der Waals surface area contributed by atoms with Gasteiger partial charge < -0.3 is 10.1 Å². The van der Waals surface area contributed by atoms with Crippen molar-refractivity contribution in [3.8, 4) is 11.3 Å². The van der Waals surface area contributed by atoms with Crippen LogP contribution in [0.15, 0.2) is 60.7 Å². The number of fused-ring (bicyclic) bond motifs is 1. The van der Waals surface area contributed by atoms with E-state index in [4.69, 9.17) is 21.3 Å². The SMILES string of the molecule is CCOC(=O)c1ccc(NC(=O)c2c(C)c(-c3ccc(Cl)cc3)nc3c(C)cc(C)cc23)cc1. The Hall–Kier alpha value is -3.70. The molecule has 0 aliphatic heterocycles. The van der Waals surface area contributed by atoms with E-state index in [0.29, 0.717) is 28.4 Å². The summed E-state index contributed by atoms with van der Waals surface area (Å²) in [6.45, 7) is 7.98. The minimum atomic E-state index is -0.394. The van der Waals surface area contributed by atoms with Gasteiger partial charge in [0, 0.05) is 21.7 Å². The third-order valence-electron chi connectivity index (χ3n) is 5.67. The van der Waals surface area contributed by atoms with Gasteiger partial charge in [0.05, 0.1) is 28.9 Å². The van der Waals surface area contributed by atoms with Crippen molar-refractivity contribution < 1.29 is 14.3 Å². The lowest BCUT2D eigenvalue weighted by Crippen LogP contribution is -2.16. The van der Waals surface area contributed by atoms with Crippen LogP contribution >= 0.6 is 11.6 Å². The Morgan fingerprint density at radius 2 is 1.65 bits per heavy atom. The van der Waals surface area contributed by atoms with Crippen LogP contribution in [-0.4, -0.2) is 23.5 Å². The number of aromatic nitrogens is 1. The molecule has 0 bridgehead atoms. The van der Waals surface area contributed by atoms with Crippen LogP contribution in [0.25, 0.3) is 22.2 Å². The number of nitrogens with one attached hydrogen (secondary N) is 1. The summed E-state index contributed by atoms with van der Waals surface area (Å²) in [7, 11) is 0. The predicted molar refractivity (Wildman–Crippen MR) is 137 cm³/mol. The number of pyridine rings is 1. The molecule has 1 aromatic heterocycles. The Kier molecular flexibility index (Phi) is 6.66. The molecule has 0 atom stereocenters. The van der Waals surface area contributed by atoms with Crippen LogP contribution in [0.3, 0.4) is 0 Å². The van der Waals surface area contributed by atoms with Gasteiger partial charge in [-0.25, -0.2) is 9.78 Å². The highest BCUT2D eigenvalue weighted by Gasteiger charge is 2.20. The highest BCUT2D eigenvalue weighted by molar-refractivity contribution is 6.30. The van der Waals surface area contributed by atoms with Crippen molar-refractivity contribution in [3.05, 3.63) is 93.5 Å². The smallest absolute Gasteiger partial charge is 0.338 e. The topological polar surface area (TPSA) is 68.3 Å². The predicted octanol–water partition coefficient (Wildman–Crippen LogP) is 6.91. The number of rotatable bonds is 5. The summed E-state index contributed by atoms with van der Waals surface area (Å²) in [5.41, 5.74) is 6.81. The fourth-order valence-electron chi connectivity index (χ4n) is 4.09. The summed E-state index contributed by atoms with van der Waals surface area (Å²) in [5.74, 6) is -0.635. The number of benzene rings is 3. The molecule has 34 heavy (non-hydrogen) atoms. The number of esters is 1. The number of halogens is 1. The molecule has 0 saturated heterocycles. The molecule has 1 heterocycles. The molecular formula is C28H25ClN2O3. The minimum absolute atomic E-state index is 0.242. The van der Waals surface area contributed by atoms with Crippen LogP contribution in [0.5, 0.6) is 0 Å². The monoisotopic (exact) mass is 472 g/mol. The number of ether oxygens (including phenoxy) is 1. The lowest BCUT2D eigenvalue weighted by Gasteiger charge is -2.17. The molecule has 172 valence electrons. The molecule has 0 radical (unpaired) electrons. The van der Waals surface area contributed by atoms with Gasteiger partial charge >= 0.3 is 5.97 Å². The maximum Gasteiger partial charge on any atom is 0.338 e. The van der Waals surface area contributed by atoms with Crippen molar-refractivity contribution in [2.24, 2.45) is 0 Å². The standard InChI is InChI=1S/C28H25ClN2O3/c1-5-34-28(33)20-8-12-22(13-9-20)30-27(32)24-18(4)26(19-6-10-21(29)11-7-19)31-25-17(3)14-16(2)15-23(24)25/h6-15H,5H2,1-4H3,(H,30,32). The zero-order valence-electron chi connectivity index (χ0n) is 19.5. The van der Waals surface area contributed by atoms with E-state index in [1.165, 1.54) is 0 Å². The molecule has 6 heteroatoms.